The third kappa shape index (κ3) is 26.5. The van der Waals surface area contributed by atoms with Gasteiger partial charge >= 0.3 is 0 Å². The van der Waals surface area contributed by atoms with Crippen molar-refractivity contribution in [1.29, 1.82) is 0 Å². The Morgan fingerprint density at radius 3 is 0.993 bits per heavy atom. The van der Waals surface area contributed by atoms with Crippen LogP contribution in [0, 0.1) is 5.92 Å². The highest BCUT2D eigenvalue weighted by atomic mass is 127. The summed E-state index contributed by atoms with van der Waals surface area (Å²) in [5.41, 5.74) is 41.7. The summed E-state index contributed by atoms with van der Waals surface area (Å²) in [4.78, 5) is 74.8. The number of nitrogen functional groups attached to an aromatic ring is 6. The van der Waals surface area contributed by atoms with Gasteiger partial charge < -0.3 is 103 Å². The summed E-state index contributed by atoms with van der Waals surface area (Å²) in [6.45, 7) is 23.0. The molecule has 141 heavy (non-hydrogen) atoms. The Hall–Kier alpha value is -7.16. The molecule has 44 nitrogen and oxygen atoms in total. The number of alkyl halides is 3. The van der Waals surface area contributed by atoms with Crippen molar-refractivity contribution in [3.63, 3.8) is 0 Å². The second kappa shape index (κ2) is 45.7. The molecule has 0 amide bonds. The molecule has 19 N–H and O–H groups in total. The number of methoxy groups -OCH3 is 1. The quantitative estimate of drug-likeness (QED) is 0.0143. The summed E-state index contributed by atoms with van der Waals surface area (Å²) >= 11 is 12.2. The summed E-state index contributed by atoms with van der Waals surface area (Å²) < 4.78 is 52.4. The van der Waals surface area contributed by atoms with E-state index in [1.165, 1.54) is 38.0 Å². The van der Waals surface area contributed by atoms with Gasteiger partial charge in [-0.05, 0) is 155 Å². The van der Waals surface area contributed by atoms with Gasteiger partial charge in [0.15, 0.2) is 99.9 Å². The molecule has 0 unspecified atom stereocenters. The van der Waals surface area contributed by atoms with Crippen LogP contribution in [0.1, 0.15) is 95.6 Å². The average Bonchev–Trinajstić information content (AvgIpc) is 1.69. The molecule has 12 aromatic heterocycles. The molecule has 24 atom stereocenters. The highest BCUT2D eigenvalue weighted by molar-refractivity contribution is 14.1. The zero-order chi connectivity index (χ0) is 103. The topological polar surface area (TPSA) is 624 Å². The smallest absolute Gasteiger partial charge is 0.167 e. The number of fused-ring (bicyclic) bond motifs is 6. The molecular formula is C88H137BrClIN30O14P6. The standard InChI is InChI=1S/C16H26N5O3P.C15H24N5O3P.C15H24N5O2P.C14H21BrN5O2P.C14H21ClN5O2P.C14H21IN5O2P/c1-5-10-19-14(17)11-15(20-10)21(8-18-11)16-13(23)12(22)9(24-16)6-7-25(2,3)4;1-22-12-11(21)9(5-6-24(2,3)4)23-15(12)20-8-19-10-13(16)17-7-18-14(10)20;1-9-12(21)10(5-6-23(2,3)4)22-15(9)20-8-19-11-13(16)17-7-18-14(11)20;3*1-23(2,3)5-4-8-11(21)9(15)14(22-8)20-7-19-10-12(16)17-6-18-13(10)20/h8-9,12-13,16,22-23H,2,5-7H2,1,3-4H3,(H2,17,19,20);7-9,11-12,15,21H,2,5-6H2,1,3-4H3,(H2,16,17,18);7-10,12,15,21H,2,5-6H2,1,3-4H3,(H2,16,17,18);3*6-9,11,14,21H,1,4-5H2,2-3H3,(H2,16,17,18)/t9-,12-,13-,16-;9-,11-,12-,15-;9-,10-,12+,15-;3*8-,9-,11-,14-/m111111/s1. The number of ether oxygens (including phenoxy) is 7. The lowest BCUT2D eigenvalue weighted by atomic mass is 10.0. The van der Waals surface area contributed by atoms with Crippen molar-refractivity contribution < 1.29 is 68.9 Å². The lowest BCUT2D eigenvalue weighted by molar-refractivity contribution is -0.0496. The van der Waals surface area contributed by atoms with E-state index in [9.17, 15) is 35.7 Å². The van der Waals surface area contributed by atoms with Gasteiger partial charge in [-0.15, -0.1) is 90.7 Å². The summed E-state index contributed by atoms with van der Waals surface area (Å²) in [5.74, 6) is 2.48. The maximum absolute atomic E-state index is 10.6. The largest absolute Gasteiger partial charge is 0.390 e. The predicted octanol–water partition coefficient (Wildman–Crippen LogP) is 7.35. The molecule has 0 aliphatic carbocycles. The molecule has 774 valence electrons. The number of aromatic nitrogens is 24. The van der Waals surface area contributed by atoms with Crippen LogP contribution in [-0.2, 0) is 39.6 Å². The van der Waals surface area contributed by atoms with Gasteiger partial charge in [-0.2, -0.15) is 0 Å². The van der Waals surface area contributed by atoms with Crippen LogP contribution in [-0.4, -0.2) is 414 Å². The minimum absolute atomic E-state index is 0.0557. The Morgan fingerprint density at radius 2 is 0.624 bits per heavy atom. The van der Waals surface area contributed by atoms with Gasteiger partial charge in [-0.3, -0.25) is 27.4 Å². The monoisotopic (exact) mass is 2260 g/mol. The zero-order valence-corrected chi connectivity index (χ0v) is 92.0. The van der Waals surface area contributed by atoms with E-state index in [0.717, 1.165) is 69.1 Å². The van der Waals surface area contributed by atoms with Crippen molar-refractivity contribution in [3.8, 4) is 0 Å². The fourth-order valence-corrected chi connectivity index (χ4v) is 24.8. The first kappa shape index (κ1) is 111. The Bertz CT molecular complexity index is 6140. The molecule has 0 bridgehead atoms. The lowest BCUT2D eigenvalue weighted by Gasteiger charge is -2.19. The van der Waals surface area contributed by atoms with E-state index in [4.69, 9.17) is 79.2 Å². The third-order valence-electron chi connectivity index (χ3n) is 25.0. The number of rotatable bonds is 26. The maximum atomic E-state index is 10.6. The first-order valence-electron chi connectivity index (χ1n) is 46.0. The number of aliphatic hydroxyl groups excluding tert-OH is 7. The van der Waals surface area contributed by atoms with Crippen LogP contribution < -0.4 is 34.4 Å². The van der Waals surface area contributed by atoms with Crippen molar-refractivity contribution in [2.24, 2.45) is 5.92 Å². The summed E-state index contributed by atoms with van der Waals surface area (Å²) in [6, 6.07) is 0. The maximum Gasteiger partial charge on any atom is 0.167 e. The normalized spacial score (nSPS) is 28.2. The third-order valence-corrected chi connectivity index (χ3v) is 36.6. The van der Waals surface area contributed by atoms with Crippen LogP contribution in [0.5, 0.6) is 0 Å². The molecule has 12 aromatic rings. The molecule has 0 radical (unpaired) electrons. The summed E-state index contributed by atoms with van der Waals surface area (Å²) in [5, 5.41) is 72.8. The Morgan fingerprint density at radius 1 is 0.348 bits per heavy atom. The van der Waals surface area contributed by atoms with Gasteiger partial charge in [0.25, 0.3) is 0 Å². The Balaban J connectivity index is 0.000000142. The predicted molar refractivity (Wildman–Crippen MR) is 586 cm³/mol. The number of aliphatic hydroxyl groups is 7. The van der Waals surface area contributed by atoms with E-state index >= 15 is 0 Å². The SMILES string of the molecule is C=P(C)(C)CC[C@H]1O[C@@H](n2cnc3c(N)nc(CC)nc32)[C@H](O)[C@@H]1O.C=P(C)(C)CC[C@H]1O[C@@H](n2cnc3c(N)ncnc32)[C@H](Br)[C@@H]1O.C=P(C)(C)CC[C@H]1O[C@@H](n2cnc3c(N)ncnc32)[C@H](C)[C@@H]1O.C=P(C)(C)CC[C@H]1O[C@@H](n2cnc3c(N)ncnc32)[C@H](Cl)[C@@H]1O.C=P(C)(C)CC[C@H]1O[C@@H](n2cnc3c(N)ncnc32)[C@H](I)[C@@H]1O.C=P(C)(C)CC[C@H]1O[C@@H](n2cnc3c(N)ncnc32)[C@H](OC)[C@@H]1O. The molecular weight excluding hydrogens is 2130 g/mol. The molecule has 6 aliphatic rings. The van der Waals surface area contributed by atoms with Crippen LogP contribution in [0.2, 0.25) is 0 Å². The molecule has 6 saturated heterocycles. The van der Waals surface area contributed by atoms with E-state index in [1.54, 1.807) is 57.0 Å². The number of hydrogen-bond acceptors (Lipinski definition) is 38. The molecule has 0 aromatic carbocycles. The van der Waals surface area contributed by atoms with Gasteiger partial charge in [-0.1, -0.05) is 52.4 Å². The van der Waals surface area contributed by atoms with Gasteiger partial charge in [-0.25, -0.2) is 89.7 Å². The molecule has 6 aliphatic heterocycles. The second-order valence-electron chi connectivity index (χ2n) is 40.5. The van der Waals surface area contributed by atoms with Crippen molar-refractivity contribution >= 4 is 231 Å². The zero-order valence-electron chi connectivity index (χ0n) is 82.1. The first-order valence-corrected chi connectivity index (χ1v) is 66.9. The van der Waals surface area contributed by atoms with Crippen molar-refractivity contribution in [3.05, 3.63) is 75.4 Å². The number of halogens is 3. The molecule has 53 heteroatoms. The van der Waals surface area contributed by atoms with Crippen LogP contribution in [0.25, 0.3) is 67.0 Å². The minimum Gasteiger partial charge on any atom is -0.390 e. The van der Waals surface area contributed by atoms with Crippen LogP contribution in [0.4, 0.5) is 34.9 Å². The molecule has 6 fully saturated rings. The lowest BCUT2D eigenvalue weighted by Crippen LogP contribution is -2.33. The minimum atomic E-state index is -1.23. The molecule has 0 saturated carbocycles. The van der Waals surface area contributed by atoms with Crippen LogP contribution >= 0.6 is 91.4 Å². The van der Waals surface area contributed by atoms with Gasteiger partial charge in [0.05, 0.1) is 102 Å². The Labute approximate surface area is 846 Å². The molecule has 18 rings (SSSR count). The van der Waals surface area contributed by atoms with Gasteiger partial charge in [0.1, 0.15) is 113 Å². The van der Waals surface area contributed by atoms with Crippen molar-refractivity contribution in [2.45, 2.75) is 196 Å². The van der Waals surface area contributed by atoms with E-state index in [-0.39, 0.29) is 63.9 Å². The second-order valence-corrected chi connectivity index (χ2v) is 69.4. The molecule has 18 heterocycles. The fourth-order valence-electron chi connectivity index (χ4n) is 17.1. The highest BCUT2D eigenvalue weighted by Gasteiger charge is 2.50. The highest BCUT2D eigenvalue weighted by Crippen LogP contribution is 2.49. The van der Waals surface area contributed by atoms with E-state index in [1.807, 2.05) is 23.0 Å². The number of imidazole rings is 6. The average molecular weight is 2270 g/mol. The van der Waals surface area contributed by atoms with E-state index in [0.29, 0.717) is 121 Å². The summed E-state index contributed by atoms with van der Waals surface area (Å²) in [7, 11) is 1.56. The van der Waals surface area contributed by atoms with E-state index in [2.05, 4.69) is 246 Å². The van der Waals surface area contributed by atoms with Gasteiger partial charge in [0, 0.05) is 19.4 Å². The van der Waals surface area contributed by atoms with Crippen LogP contribution in [0.15, 0.2) is 69.6 Å². The van der Waals surface area contributed by atoms with Crippen molar-refractivity contribution in [1.82, 2.24) is 117 Å². The van der Waals surface area contributed by atoms with Crippen molar-refractivity contribution in [2.75, 3.05) is 158 Å². The van der Waals surface area contributed by atoms with Crippen LogP contribution in [0.3, 0.4) is 0 Å². The van der Waals surface area contributed by atoms with E-state index < -0.39 is 120 Å². The van der Waals surface area contributed by atoms with Gasteiger partial charge in [0.2, 0.25) is 0 Å². The number of nitrogens with two attached hydrogens (primary N) is 6. The fraction of sp³-hybridized carbons (Fsp3) is 0.591. The number of hydrogen-bond donors (Lipinski definition) is 13. The number of aryl methyl sites for hydroxylation is 1. The first-order chi connectivity index (χ1) is 66.1. The number of nitrogens with zero attached hydrogens (tertiary/aromatic N) is 24. The Kier molecular flexibility index (Phi) is 36.0. The molecule has 0 spiro atoms. The summed E-state index contributed by atoms with van der Waals surface area (Å²) in [6.07, 6.45) is 42.6. The number of anilines is 6.